The van der Waals surface area contributed by atoms with Crippen molar-refractivity contribution in [2.24, 2.45) is 56.2 Å². The van der Waals surface area contributed by atoms with Crippen molar-refractivity contribution in [1.29, 1.82) is 0 Å². The van der Waals surface area contributed by atoms with Gasteiger partial charge >= 0.3 is 107 Å². The molecule has 19 atom stereocenters. The fourth-order valence-corrected chi connectivity index (χ4v) is 13.8. The predicted molar refractivity (Wildman–Crippen MR) is 206 cm³/mol. The summed E-state index contributed by atoms with van der Waals surface area (Å²) in [6.45, 7) is 14.9. The third-order valence-electron chi connectivity index (χ3n) is 17.7. The van der Waals surface area contributed by atoms with E-state index in [1.54, 1.807) is 0 Å². The van der Waals surface area contributed by atoms with Crippen molar-refractivity contribution < 1.29 is 167 Å². The number of carboxylic acids is 3. The van der Waals surface area contributed by atoms with Gasteiger partial charge in [-0.25, -0.2) is 4.79 Å². The van der Waals surface area contributed by atoms with Crippen LogP contribution in [0, 0.1) is 56.2 Å². The number of aliphatic hydroxyl groups is 5. The van der Waals surface area contributed by atoms with Crippen LogP contribution in [0.3, 0.4) is 0 Å². The van der Waals surface area contributed by atoms with Crippen molar-refractivity contribution in [3.63, 3.8) is 0 Å². The van der Waals surface area contributed by atoms with Gasteiger partial charge in [0.1, 0.15) is 30.5 Å². The molecule has 0 unspecified atom stereocenters. The zero-order valence-electron chi connectivity index (χ0n) is 40.7. The van der Waals surface area contributed by atoms with E-state index in [-0.39, 0.29) is 127 Å². The molecule has 0 amide bonds. The molecule has 7 rings (SSSR count). The summed E-state index contributed by atoms with van der Waals surface area (Å²) >= 11 is 0. The minimum Gasteiger partial charge on any atom is -1.00 e. The van der Waals surface area contributed by atoms with E-state index in [9.17, 15) is 60.0 Å². The van der Waals surface area contributed by atoms with E-state index in [4.69, 9.17) is 14.2 Å². The first-order valence-electron chi connectivity index (χ1n) is 21.1. The Hall–Kier alpha value is 0.500. The summed E-state index contributed by atoms with van der Waals surface area (Å²) in [5, 5.41) is 83.6. The Morgan fingerprint density at radius 3 is 1.95 bits per heavy atom. The Bertz CT molecular complexity index is 1760. The average Bonchev–Trinajstić information content (AvgIpc) is 3.13. The van der Waals surface area contributed by atoms with Crippen molar-refractivity contribution >= 4 is 23.7 Å². The van der Waals surface area contributed by atoms with Crippen molar-refractivity contribution in [1.82, 2.24) is 0 Å². The van der Waals surface area contributed by atoms with Crippen LogP contribution < -0.4 is 88.7 Å². The molecule has 7 aliphatic rings. The number of carbonyl (C=O) groups is 4. The average molecular weight is 893 g/mol. The third-order valence-corrected chi connectivity index (χ3v) is 17.7. The molecule has 0 bridgehead atoms. The van der Waals surface area contributed by atoms with Gasteiger partial charge in [-0.15, -0.1) is 0 Å². The minimum absolute atomic E-state index is 0. The van der Waals surface area contributed by atoms with Gasteiger partial charge < -0.3 is 59.3 Å². The molecular formula is C43H67Na3O15. The van der Waals surface area contributed by atoms with E-state index < -0.39 is 113 Å². The molecule has 61 heavy (non-hydrogen) atoms. The quantitative estimate of drug-likeness (QED) is 0.0876. The van der Waals surface area contributed by atoms with E-state index >= 15 is 0 Å². The number of carbonyl (C=O) groups excluding carboxylic acids is 1. The molecule has 1 saturated heterocycles. The first-order chi connectivity index (χ1) is 26.8. The maximum atomic E-state index is 14.9. The van der Waals surface area contributed by atoms with Gasteiger partial charge in [-0.05, 0) is 116 Å². The van der Waals surface area contributed by atoms with Gasteiger partial charge in [-0.1, -0.05) is 47.1 Å². The second-order valence-corrected chi connectivity index (χ2v) is 21.1. The van der Waals surface area contributed by atoms with Gasteiger partial charge in [0, 0.05) is 5.92 Å². The first kappa shape index (κ1) is 54.1. The van der Waals surface area contributed by atoms with Crippen molar-refractivity contribution in [3.8, 4) is 0 Å². The zero-order valence-corrected chi connectivity index (χ0v) is 43.7. The summed E-state index contributed by atoms with van der Waals surface area (Å²) < 4.78 is 18.4. The molecule has 18 heteroatoms. The number of allylic oxidation sites excluding steroid dienone is 2. The van der Waals surface area contributed by atoms with Crippen LogP contribution in [-0.4, -0.2) is 126 Å². The SMILES string of the molecule is CC1(C)[C@@H](O[C@H]2O[C@H](C(=O)O)[C@@H](O)[C@H](O)[C@H]2O[C@@H]2C[C@H](C(=O)O)[C@@H](O)[C@H](O)[C@H]2O)CC[C@]2(C)[C@H]3C(=O)C=C4[C@@H]5C[C@@](C)(C(=O)O)CC[C@]5(C)CC[C@@]4(C)[C@]3(C)CC[C@@H]12.[H-].[H-].[H-].[Na+].[Na+].[Na+]. The number of ketones is 1. The van der Waals surface area contributed by atoms with Gasteiger partial charge in [0.2, 0.25) is 0 Å². The summed E-state index contributed by atoms with van der Waals surface area (Å²) in [6.07, 6.45) is -9.05. The van der Waals surface area contributed by atoms with Crippen LogP contribution in [0.2, 0.25) is 0 Å². The standard InChI is InChI=1S/C43H64O15.3Na.3H/c1-38(2)24-8-11-43(7)33(22(44)17-20-21-18-40(4,37(54)55)13-12-39(21,3)14-15-42(20,43)6)41(24,5)10-9-25(38)57-36-32(30(49)29(48)31(58-36)35(52)53)56-23-16-19(34(50)51)26(45)28(47)27(23)46;;;;;;/h17,19,21,23-33,36,45-49H,8-16,18H2,1-7H3,(H,50,51)(H,52,53)(H,54,55);;;;;;/q;3*+1;3*-1/t19-,21-,23+,24-,25-,26+,27-,28-,29-,30-,31-,32+,33+,36-,39+,40-,41-,42+,43+;;;;;;/m0....../s1. The fourth-order valence-electron chi connectivity index (χ4n) is 13.8. The summed E-state index contributed by atoms with van der Waals surface area (Å²) in [4.78, 5) is 51.5. The molecular weight excluding hydrogens is 825 g/mol. The molecule has 1 aliphatic heterocycles. The molecule has 6 aliphatic carbocycles. The number of ether oxygens (including phenoxy) is 3. The largest absolute Gasteiger partial charge is 1.00 e. The summed E-state index contributed by atoms with van der Waals surface area (Å²) in [7, 11) is 0. The molecule has 8 N–H and O–H groups in total. The summed E-state index contributed by atoms with van der Waals surface area (Å²) in [5.41, 5.74) is -1.71. The van der Waals surface area contributed by atoms with Gasteiger partial charge in [0.25, 0.3) is 0 Å². The molecule has 15 nitrogen and oxygen atoms in total. The molecule has 0 spiro atoms. The maximum absolute atomic E-state index is 14.9. The monoisotopic (exact) mass is 892 g/mol. The number of aliphatic hydroxyl groups excluding tert-OH is 5. The number of hydrogen-bond donors (Lipinski definition) is 8. The second kappa shape index (κ2) is 18.5. The van der Waals surface area contributed by atoms with Gasteiger partial charge in [-0.3, -0.25) is 14.4 Å². The van der Waals surface area contributed by atoms with Gasteiger partial charge in [-0.2, -0.15) is 0 Å². The second-order valence-electron chi connectivity index (χ2n) is 21.1. The van der Waals surface area contributed by atoms with Crippen LogP contribution in [0.25, 0.3) is 0 Å². The molecule has 0 aromatic heterocycles. The maximum Gasteiger partial charge on any atom is 1.00 e. The zero-order chi connectivity index (χ0) is 42.9. The first-order valence-corrected chi connectivity index (χ1v) is 21.1. The van der Waals surface area contributed by atoms with E-state index in [0.717, 1.165) is 37.7 Å². The van der Waals surface area contributed by atoms with Crippen molar-refractivity contribution in [2.75, 3.05) is 0 Å². The van der Waals surface area contributed by atoms with Crippen LogP contribution in [0.1, 0.15) is 117 Å². The molecule has 1 heterocycles. The molecule has 5 saturated carbocycles. The Balaban J connectivity index is 0.00000341. The van der Waals surface area contributed by atoms with E-state index in [1.807, 2.05) is 26.8 Å². The molecule has 0 aromatic rings. The van der Waals surface area contributed by atoms with E-state index in [2.05, 4.69) is 27.7 Å². The van der Waals surface area contributed by atoms with Crippen molar-refractivity contribution in [2.45, 2.75) is 174 Å². The fraction of sp³-hybridized carbons (Fsp3) is 0.860. The van der Waals surface area contributed by atoms with E-state index in [1.165, 1.54) is 0 Å². The topological polar surface area (TPSA) is 258 Å². The number of rotatable bonds is 7. The van der Waals surface area contributed by atoms with E-state index in [0.29, 0.717) is 25.7 Å². The van der Waals surface area contributed by atoms with Gasteiger partial charge in [0.05, 0.1) is 29.6 Å². The molecule has 0 aromatic carbocycles. The predicted octanol–water partition coefficient (Wildman–Crippen LogP) is -5.74. The van der Waals surface area contributed by atoms with Crippen LogP contribution in [0.5, 0.6) is 0 Å². The van der Waals surface area contributed by atoms with Crippen LogP contribution in [0.4, 0.5) is 0 Å². The number of aliphatic carboxylic acids is 3. The number of hydrogen-bond acceptors (Lipinski definition) is 12. The number of fused-ring (bicyclic) bond motifs is 7. The van der Waals surface area contributed by atoms with Crippen LogP contribution in [0.15, 0.2) is 11.6 Å². The van der Waals surface area contributed by atoms with Crippen LogP contribution in [-0.2, 0) is 33.4 Å². The summed E-state index contributed by atoms with van der Waals surface area (Å²) in [5.74, 6) is -5.68. The molecule has 6 fully saturated rings. The minimum atomic E-state index is -1.99. The summed E-state index contributed by atoms with van der Waals surface area (Å²) in [6, 6.07) is 0. The smallest absolute Gasteiger partial charge is 1.00 e. The van der Waals surface area contributed by atoms with Gasteiger partial charge in [0.15, 0.2) is 18.2 Å². The Kier molecular flexibility index (Phi) is 16.4. The Morgan fingerprint density at radius 1 is 0.738 bits per heavy atom. The third kappa shape index (κ3) is 8.45. The molecule has 0 radical (unpaired) electrons. The Morgan fingerprint density at radius 2 is 1.36 bits per heavy atom. The molecule has 332 valence electrons. The normalized spacial score (nSPS) is 50.0. The van der Waals surface area contributed by atoms with Crippen molar-refractivity contribution in [3.05, 3.63) is 11.6 Å². The van der Waals surface area contributed by atoms with Crippen LogP contribution >= 0.6 is 0 Å². The number of carboxylic acid groups (broad SMARTS) is 3. The Labute approximate surface area is 428 Å².